The molecule has 0 radical (unpaired) electrons. The van der Waals surface area contributed by atoms with E-state index >= 15 is 0 Å². The van der Waals surface area contributed by atoms with Crippen LogP contribution in [0.5, 0.6) is 11.5 Å². The summed E-state index contributed by atoms with van der Waals surface area (Å²) in [4.78, 5) is 12.2. The van der Waals surface area contributed by atoms with E-state index in [1.807, 2.05) is 36.4 Å². The van der Waals surface area contributed by atoms with E-state index in [4.69, 9.17) is 21.1 Å². The Hall–Kier alpha value is -2.97. The number of thioether (sulfide) groups is 1. The monoisotopic (exact) mass is 442 g/mol. The van der Waals surface area contributed by atoms with Crippen molar-refractivity contribution in [1.82, 2.24) is 10.2 Å². The fourth-order valence-corrected chi connectivity index (χ4v) is 3.48. The molecule has 0 spiro atoms. The Morgan fingerprint density at radius 2 is 1.80 bits per heavy atom. The third-order valence-corrected chi connectivity index (χ3v) is 5.38. The van der Waals surface area contributed by atoms with Gasteiger partial charge in [0, 0.05) is 23.3 Å². The summed E-state index contributed by atoms with van der Waals surface area (Å²) >= 11 is 7.20. The number of anilines is 2. The first-order valence-corrected chi connectivity index (χ1v) is 10.7. The number of nitrogens with one attached hydrogen (secondary N) is 2. The lowest BCUT2D eigenvalue weighted by atomic mass is 10.2. The van der Waals surface area contributed by atoms with Gasteiger partial charge in [0.1, 0.15) is 24.1 Å². The van der Waals surface area contributed by atoms with Crippen LogP contribution in [0.1, 0.15) is 5.56 Å². The van der Waals surface area contributed by atoms with E-state index in [-0.39, 0.29) is 11.7 Å². The largest absolute Gasteiger partial charge is 0.486 e. The maximum Gasteiger partial charge on any atom is 0.234 e. The van der Waals surface area contributed by atoms with Crippen molar-refractivity contribution in [3.63, 3.8) is 0 Å². The summed E-state index contributed by atoms with van der Waals surface area (Å²) in [5, 5.41) is 15.7. The van der Waals surface area contributed by atoms with Crippen molar-refractivity contribution in [2.45, 2.75) is 11.6 Å². The maximum absolute atomic E-state index is 12.2. The summed E-state index contributed by atoms with van der Waals surface area (Å²) < 4.78 is 11.0. The van der Waals surface area contributed by atoms with Crippen LogP contribution >= 0.6 is 23.4 Å². The zero-order chi connectivity index (χ0) is 20.8. The normalized spacial score (nSPS) is 12.3. The molecule has 30 heavy (non-hydrogen) atoms. The van der Waals surface area contributed by atoms with Gasteiger partial charge in [0.05, 0.1) is 5.75 Å². The zero-order valence-electron chi connectivity index (χ0n) is 15.9. The van der Waals surface area contributed by atoms with Crippen molar-refractivity contribution < 1.29 is 14.3 Å². The number of benzene rings is 2. The Morgan fingerprint density at radius 1 is 1.00 bits per heavy atom. The van der Waals surface area contributed by atoms with Gasteiger partial charge in [0.15, 0.2) is 11.5 Å². The number of rotatable bonds is 7. The molecule has 2 aromatic carbocycles. The first kappa shape index (κ1) is 20.3. The number of fused-ring (bicyclic) bond motifs is 1. The number of carbonyl (C=O) groups excluding carboxylic acids is 1. The summed E-state index contributed by atoms with van der Waals surface area (Å²) in [6, 6.07) is 16.6. The predicted molar refractivity (Wildman–Crippen MR) is 118 cm³/mol. The molecule has 1 aliphatic heterocycles. The number of aromatic nitrogens is 2. The molecule has 0 saturated carbocycles. The smallest absolute Gasteiger partial charge is 0.234 e. The Kier molecular flexibility index (Phi) is 6.56. The van der Waals surface area contributed by atoms with Crippen LogP contribution in [-0.4, -0.2) is 35.1 Å². The summed E-state index contributed by atoms with van der Waals surface area (Å²) in [6.07, 6.45) is 0. The highest BCUT2D eigenvalue weighted by atomic mass is 35.5. The molecule has 154 valence electrons. The van der Waals surface area contributed by atoms with Crippen LogP contribution in [0.4, 0.5) is 11.5 Å². The van der Waals surface area contributed by atoms with E-state index in [1.165, 1.54) is 11.8 Å². The van der Waals surface area contributed by atoms with Gasteiger partial charge in [0.25, 0.3) is 0 Å². The number of halogens is 1. The predicted octanol–water partition coefficient (Wildman–Crippen LogP) is 4.24. The molecule has 0 aliphatic carbocycles. The third kappa shape index (κ3) is 5.55. The molecule has 9 heteroatoms. The lowest BCUT2D eigenvalue weighted by Crippen LogP contribution is -2.17. The molecule has 0 unspecified atom stereocenters. The van der Waals surface area contributed by atoms with Gasteiger partial charge in [-0.1, -0.05) is 35.5 Å². The van der Waals surface area contributed by atoms with Gasteiger partial charge in [-0.3, -0.25) is 4.79 Å². The average molecular weight is 443 g/mol. The second-order valence-electron chi connectivity index (χ2n) is 6.43. The standard InChI is InChI=1S/C21H19ClN4O3S/c22-15-3-1-14(2-4-15)12-23-19-7-8-21(26-25-19)30-13-20(27)24-16-5-6-17-18(11-16)29-10-9-28-17/h1-8,11H,9-10,12-13H2,(H,23,25)(H,24,27). The third-order valence-electron chi connectivity index (χ3n) is 4.20. The fourth-order valence-electron chi connectivity index (χ4n) is 2.74. The van der Waals surface area contributed by atoms with Crippen molar-refractivity contribution in [2.75, 3.05) is 29.6 Å². The van der Waals surface area contributed by atoms with Gasteiger partial charge in [-0.2, -0.15) is 0 Å². The van der Waals surface area contributed by atoms with E-state index < -0.39 is 0 Å². The van der Waals surface area contributed by atoms with Crippen LogP contribution in [0.15, 0.2) is 59.6 Å². The van der Waals surface area contributed by atoms with E-state index in [9.17, 15) is 4.79 Å². The van der Waals surface area contributed by atoms with Crippen LogP contribution in [0, 0.1) is 0 Å². The maximum atomic E-state index is 12.2. The van der Waals surface area contributed by atoms with Crippen LogP contribution in [0.2, 0.25) is 5.02 Å². The van der Waals surface area contributed by atoms with Crippen molar-refractivity contribution in [1.29, 1.82) is 0 Å². The van der Waals surface area contributed by atoms with Crippen LogP contribution in [0.25, 0.3) is 0 Å². The quantitative estimate of drug-likeness (QED) is 0.529. The lowest BCUT2D eigenvalue weighted by molar-refractivity contribution is -0.113. The first-order valence-electron chi connectivity index (χ1n) is 9.30. The lowest BCUT2D eigenvalue weighted by Gasteiger charge is -2.18. The van der Waals surface area contributed by atoms with E-state index in [0.717, 1.165) is 5.56 Å². The molecule has 0 atom stereocenters. The van der Waals surface area contributed by atoms with Gasteiger partial charge in [-0.15, -0.1) is 10.2 Å². The molecule has 1 amide bonds. The molecule has 7 nitrogen and oxygen atoms in total. The van der Waals surface area contributed by atoms with Crippen molar-refractivity contribution >= 4 is 40.8 Å². The van der Waals surface area contributed by atoms with E-state index in [2.05, 4.69) is 20.8 Å². The van der Waals surface area contributed by atoms with Gasteiger partial charge >= 0.3 is 0 Å². The van der Waals surface area contributed by atoms with Crippen molar-refractivity contribution in [3.05, 3.63) is 65.2 Å². The minimum absolute atomic E-state index is 0.136. The number of amides is 1. The number of hydrogen-bond acceptors (Lipinski definition) is 7. The average Bonchev–Trinajstić information content (AvgIpc) is 2.78. The molecule has 0 bridgehead atoms. The van der Waals surface area contributed by atoms with E-state index in [0.29, 0.717) is 52.8 Å². The summed E-state index contributed by atoms with van der Waals surface area (Å²) in [7, 11) is 0. The highest BCUT2D eigenvalue weighted by molar-refractivity contribution is 7.99. The molecule has 1 aliphatic rings. The first-order chi connectivity index (χ1) is 14.7. The molecule has 3 aromatic rings. The number of carbonyl (C=O) groups is 1. The van der Waals surface area contributed by atoms with Crippen LogP contribution < -0.4 is 20.1 Å². The Morgan fingerprint density at radius 3 is 2.57 bits per heavy atom. The van der Waals surface area contributed by atoms with Gasteiger partial charge in [-0.25, -0.2) is 0 Å². The van der Waals surface area contributed by atoms with Crippen LogP contribution in [0.3, 0.4) is 0 Å². The van der Waals surface area contributed by atoms with Crippen molar-refractivity contribution in [2.24, 2.45) is 0 Å². The van der Waals surface area contributed by atoms with Crippen molar-refractivity contribution in [3.8, 4) is 11.5 Å². The molecule has 1 aromatic heterocycles. The number of nitrogens with zero attached hydrogens (tertiary/aromatic N) is 2. The minimum atomic E-state index is -0.136. The van der Waals surface area contributed by atoms with Crippen LogP contribution in [-0.2, 0) is 11.3 Å². The Balaban J connectivity index is 1.24. The number of hydrogen-bond donors (Lipinski definition) is 2. The second-order valence-corrected chi connectivity index (χ2v) is 7.86. The SMILES string of the molecule is O=C(CSc1ccc(NCc2ccc(Cl)cc2)nn1)Nc1ccc2c(c1)OCCO2. The second kappa shape index (κ2) is 9.69. The topological polar surface area (TPSA) is 85.4 Å². The zero-order valence-corrected chi connectivity index (χ0v) is 17.5. The summed E-state index contributed by atoms with van der Waals surface area (Å²) in [5.41, 5.74) is 1.76. The molecule has 2 heterocycles. The molecule has 0 fully saturated rings. The Labute approximate surface area is 183 Å². The highest BCUT2D eigenvalue weighted by Gasteiger charge is 2.13. The Bertz CT molecular complexity index is 1020. The minimum Gasteiger partial charge on any atom is -0.486 e. The van der Waals surface area contributed by atoms with Gasteiger partial charge in [0.2, 0.25) is 5.91 Å². The van der Waals surface area contributed by atoms with Gasteiger partial charge < -0.3 is 20.1 Å². The molecular weight excluding hydrogens is 424 g/mol. The summed E-state index contributed by atoms with van der Waals surface area (Å²) in [5.74, 6) is 2.08. The number of ether oxygens (including phenoxy) is 2. The highest BCUT2D eigenvalue weighted by Crippen LogP contribution is 2.32. The molecular formula is C21H19ClN4O3S. The molecule has 4 rings (SSSR count). The fraction of sp³-hybridized carbons (Fsp3) is 0.190. The van der Waals surface area contributed by atoms with E-state index in [1.54, 1.807) is 18.2 Å². The van der Waals surface area contributed by atoms with Gasteiger partial charge in [-0.05, 0) is 42.0 Å². The summed E-state index contributed by atoms with van der Waals surface area (Å²) in [6.45, 7) is 1.66. The molecule has 0 saturated heterocycles. The molecule has 2 N–H and O–H groups in total.